The summed E-state index contributed by atoms with van der Waals surface area (Å²) < 4.78 is 5.39. The fraction of sp³-hybridized carbons (Fsp3) is 0.174. The molecule has 2 N–H and O–H groups in total. The van der Waals surface area contributed by atoms with Crippen molar-refractivity contribution in [1.82, 2.24) is 15.3 Å². The maximum absolute atomic E-state index is 5.81. The van der Waals surface area contributed by atoms with Crippen LogP contribution in [-0.2, 0) is 6.42 Å². The number of aromatic nitrogens is 2. The lowest BCUT2D eigenvalue weighted by atomic mass is 9.96. The first-order valence-corrected chi connectivity index (χ1v) is 9.40. The lowest BCUT2D eigenvalue weighted by Crippen LogP contribution is -2.22. The van der Waals surface area contributed by atoms with Crippen molar-refractivity contribution in [1.29, 1.82) is 0 Å². The third kappa shape index (κ3) is 5.73. The Morgan fingerprint density at radius 2 is 1.90 bits per heavy atom. The van der Waals surface area contributed by atoms with Crippen molar-refractivity contribution in [2.24, 2.45) is 10.9 Å². The van der Waals surface area contributed by atoms with Crippen LogP contribution in [-0.4, -0.2) is 28.1 Å². The second-order valence-corrected chi connectivity index (χ2v) is 6.65. The van der Waals surface area contributed by atoms with E-state index in [1.165, 1.54) is 5.12 Å². The highest BCUT2D eigenvalue weighted by molar-refractivity contribution is 6.31. The Labute approximate surface area is 171 Å². The third-order valence-corrected chi connectivity index (χ3v) is 4.23. The first-order valence-electron chi connectivity index (χ1n) is 9.40. The molecule has 1 heterocycles. The van der Waals surface area contributed by atoms with Gasteiger partial charge in [-0.2, -0.15) is 5.10 Å². The van der Waals surface area contributed by atoms with Crippen molar-refractivity contribution in [2.45, 2.75) is 19.8 Å². The zero-order chi connectivity index (χ0) is 20.6. The Bertz CT molecular complexity index is 1020. The monoisotopic (exact) mass is 387 g/mol. The summed E-state index contributed by atoms with van der Waals surface area (Å²) in [6, 6.07) is 18.1. The topological polar surface area (TPSA) is 80.5 Å². The second-order valence-electron chi connectivity index (χ2n) is 6.65. The van der Waals surface area contributed by atoms with Crippen LogP contribution in [0.5, 0.6) is 0 Å². The maximum Gasteiger partial charge on any atom is 0.216 e. The number of hydrazone groups is 1. The van der Waals surface area contributed by atoms with Crippen LogP contribution in [0.1, 0.15) is 34.9 Å². The number of nitrogens with zero attached hydrogens (tertiary/aromatic N) is 4. The second kappa shape index (κ2) is 9.61. The Kier molecular flexibility index (Phi) is 6.71. The fourth-order valence-electron chi connectivity index (χ4n) is 2.88. The number of hydrogen-bond acceptors (Lipinski definition) is 6. The van der Waals surface area contributed by atoms with Crippen LogP contribution < -0.4 is 5.84 Å². The quantitative estimate of drug-likeness (QED) is 0.355. The molecule has 0 amide bonds. The van der Waals surface area contributed by atoms with Gasteiger partial charge in [0.2, 0.25) is 11.8 Å². The third-order valence-electron chi connectivity index (χ3n) is 4.23. The minimum atomic E-state index is 0.590. The van der Waals surface area contributed by atoms with E-state index in [0.29, 0.717) is 18.2 Å². The van der Waals surface area contributed by atoms with Gasteiger partial charge in [-0.3, -0.25) is 0 Å². The molecule has 0 fully saturated rings. The molecular formula is C23H25N5O. The van der Waals surface area contributed by atoms with Crippen molar-refractivity contribution < 1.29 is 4.42 Å². The molecule has 0 aliphatic carbocycles. The standard InChI is InChI=1S/C23H25N5O/c1-17(20-12-5-4-6-13-20)23(27-28(3)24)21-14-9-11-19(16-21)10-7-8-15-22-26-25-18(2)29-22/h4-7,9-14,16H,1,8,15,24H2,2-3H3/b10-7+,27-23+. The molecule has 0 saturated carbocycles. The first-order chi connectivity index (χ1) is 14.0. The van der Waals surface area contributed by atoms with Gasteiger partial charge in [-0.15, -0.1) is 10.2 Å². The van der Waals surface area contributed by atoms with Crippen LogP contribution in [0.15, 0.2) is 76.8 Å². The predicted octanol–water partition coefficient (Wildman–Crippen LogP) is 4.25. The van der Waals surface area contributed by atoms with Crippen LogP contribution in [0.3, 0.4) is 0 Å². The molecule has 0 saturated heterocycles. The van der Waals surface area contributed by atoms with Gasteiger partial charge in [-0.25, -0.2) is 11.0 Å². The Morgan fingerprint density at radius 3 is 2.59 bits per heavy atom. The molecule has 29 heavy (non-hydrogen) atoms. The molecule has 0 aliphatic heterocycles. The van der Waals surface area contributed by atoms with Gasteiger partial charge >= 0.3 is 0 Å². The van der Waals surface area contributed by atoms with E-state index in [2.05, 4.69) is 40.1 Å². The SMILES string of the molecule is C=C(/C(=N\N(C)N)c1cccc(/C=C/CCc2nnc(C)o2)c1)c1ccccc1. The summed E-state index contributed by atoms with van der Waals surface area (Å²) in [5.41, 5.74) is 4.57. The fourth-order valence-corrected chi connectivity index (χ4v) is 2.88. The molecule has 1 aromatic heterocycles. The van der Waals surface area contributed by atoms with Gasteiger partial charge in [-0.05, 0) is 23.6 Å². The number of allylic oxidation sites excluding steroid dienone is 2. The van der Waals surface area contributed by atoms with Crippen molar-refractivity contribution in [2.75, 3.05) is 7.05 Å². The van der Waals surface area contributed by atoms with Gasteiger partial charge in [0.15, 0.2) is 0 Å². The minimum Gasteiger partial charge on any atom is -0.426 e. The van der Waals surface area contributed by atoms with Crippen LogP contribution in [0.25, 0.3) is 11.6 Å². The van der Waals surface area contributed by atoms with E-state index < -0.39 is 0 Å². The summed E-state index contributed by atoms with van der Waals surface area (Å²) >= 11 is 0. The van der Waals surface area contributed by atoms with E-state index in [-0.39, 0.29) is 0 Å². The number of rotatable bonds is 8. The number of nitrogens with two attached hydrogens (primary N) is 1. The zero-order valence-corrected chi connectivity index (χ0v) is 16.7. The van der Waals surface area contributed by atoms with Crippen molar-refractivity contribution in [3.05, 3.63) is 95.7 Å². The van der Waals surface area contributed by atoms with Crippen LogP contribution in [0.2, 0.25) is 0 Å². The van der Waals surface area contributed by atoms with E-state index in [4.69, 9.17) is 10.3 Å². The van der Waals surface area contributed by atoms with Crippen LogP contribution in [0, 0.1) is 6.92 Å². The summed E-state index contributed by atoms with van der Waals surface area (Å²) in [4.78, 5) is 0. The van der Waals surface area contributed by atoms with Crippen LogP contribution >= 0.6 is 0 Å². The number of hydrazine groups is 1. The lowest BCUT2D eigenvalue weighted by Gasteiger charge is -2.14. The van der Waals surface area contributed by atoms with Gasteiger partial charge < -0.3 is 4.42 Å². The van der Waals surface area contributed by atoms with Gasteiger partial charge in [0, 0.05) is 31.5 Å². The summed E-state index contributed by atoms with van der Waals surface area (Å²) in [6.07, 6.45) is 5.69. The zero-order valence-electron chi connectivity index (χ0n) is 16.7. The molecule has 0 radical (unpaired) electrons. The summed E-state index contributed by atoms with van der Waals surface area (Å²) in [5.74, 6) is 7.05. The van der Waals surface area contributed by atoms with E-state index in [1.54, 1.807) is 14.0 Å². The van der Waals surface area contributed by atoms with Crippen molar-refractivity contribution in [3.63, 3.8) is 0 Å². The Balaban J connectivity index is 1.77. The van der Waals surface area contributed by atoms with E-state index in [9.17, 15) is 0 Å². The summed E-state index contributed by atoms with van der Waals surface area (Å²) in [5, 5.41) is 13.6. The number of aryl methyl sites for hydroxylation is 2. The molecule has 3 aromatic rings. The molecule has 0 bridgehead atoms. The van der Waals surface area contributed by atoms with Gasteiger partial charge in [0.05, 0.1) is 5.71 Å². The first kappa shape index (κ1) is 20.2. The molecule has 0 aliphatic rings. The minimum absolute atomic E-state index is 0.590. The Hall–Kier alpha value is -3.51. The number of hydrogen-bond donors (Lipinski definition) is 1. The molecule has 2 aromatic carbocycles. The molecular weight excluding hydrogens is 362 g/mol. The van der Waals surface area contributed by atoms with Crippen molar-refractivity contribution >= 4 is 17.4 Å². The van der Waals surface area contributed by atoms with E-state index >= 15 is 0 Å². The predicted molar refractivity (Wildman–Crippen MR) is 117 cm³/mol. The highest BCUT2D eigenvalue weighted by Gasteiger charge is 2.11. The average Bonchev–Trinajstić information content (AvgIpc) is 3.15. The highest BCUT2D eigenvalue weighted by Crippen LogP contribution is 2.20. The van der Waals surface area contributed by atoms with Crippen molar-refractivity contribution in [3.8, 4) is 0 Å². The number of benzene rings is 2. The smallest absolute Gasteiger partial charge is 0.216 e. The summed E-state index contributed by atoms with van der Waals surface area (Å²) in [7, 11) is 1.70. The molecule has 6 nitrogen and oxygen atoms in total. The normalized spacial score (nSPS) is 11.8. The molecule has 0 atom stereocenters. The summed E-state index contributed by atoms with van der Waals surface area (Å²) in [6.45, 7) is 6.03. The van der Waals surface area contributed by atoms with Gasteiger partial charge in [-0.1, -0.05) is 67.3 Å². The molecule has 6 heteroatoms. The molecule has 0 spiro atoms. The highest BCUT2D eigenvalue weighted by atomic mass is 16.4. The lowest BCUT2D eigenvalue weighted by molar-refractivity contribution is 0.373. The maximum atomic E-state index is 5.81. The molecule has 3 rings (SSSR count). The van der Waals surface area contributed by atoms with E-state index in [0.717, 1.165) is 34.4 Å². The molecule has 0 unspecified atom stereocenters. The van der Waals surface area contributed by atoms with Gasteiger partial charge in [0.1, 0.15) is 0 Å². The van der Waals surface area contributed by atoms with E-state index in [1.807, 2.05) is 48.5 Å². The van der Waals surface area contributed by atoms with Crippen LogP contribution in [0.4, 0.5) is 0 Å². The average molecular weight is 387 g/mol. The van der Waals surface area contributed by atoms with Gasteiger partial charge in [0.25, 0.3) is 0 Å². The molecule has 148 valence electrons. The largest absolute Gasteiger partial charge is 0.426 e. The Morgan fingerprint density at radius 1 is 1.14 bits per heavy atom.